The van der Waals surface area contributed by atoms with Crippen LogP contribution in [0.1, 0.15) is 21.4 Å². The van der Waals surface area contributed by atoms with Crippen LogP contribution < -0.4 is 5.32 Å². The second-order valence-corrected chi connectivity index (χ2v) is 8.41. The van der Waals surface area contributed by atoms with Crippen LogP contribution in [0.5, 0.6) is 0 Å². The highest BCUT2D eigenvalue weighted by Gasteiger charge is 2.31. The summed E-state index contributed by atoms with van der Waals surface area (Å²) in [6, 6.07) is 13.9. The Kier molecular flexibility index (Phi) is 4.90. The van der Waals surface area contributed by atoms with Gasteiger partial charge >= 0.3 is 0 Å². The van der Waals surface area contributed by atoms with E-state index in [-0.39, 0.29) is 11.9 Å². The van der Waals surface area contributed by atoms with E-state index in [2.05, 4.69) is 39.2 Å². The van der Waals surface area contributed by atoms with E-state index in [1.54, 1.807) is 23.5 Å². The minimum atomic E-state index is -0.0116. The average molecular weight is 389 g/mol. The predicted molar refractivity (Wildman–Crippen MR) is 106 cm³/mol. The van der Waals surface area contributed by atoms with Crippen LogP contribution in [0, 0.1) is 0 Å². The second-order valence-electron chi connectivity index (χ2n) is 6.00. The van der Waals surface area contributed by atoms with Gasteiger partial charge in [-0.1, -0.05) is 23.7 Å². The highest BCUT2D eigenvalue weighted by molar-refractivity contribution is 7.10. The van der Waals surface area contributed by atoms with Gasteiger partial charge in [-0.25, -0.2) is 0 Å². The first-order chi connectivity index (χ1) is 12.2. The lowest BCUT2D eigenvalue weighted by molar-refractivity contribution is -0.117. The quantitative estimate of drug-likeness (QED) is 0.678. The van der Waals surface area contributed by atoms with E-state index in [1.165, 1.54) is 15.3 Å². The summed E-state index contributed by atoms with van der Waals surface area (Å²) in [6.45, 7) is 1.25. The molecule has 128 valence electrons. The monoisotopic (exact) mass is 388 g/mol. The van der Waals surface area contributed by atoms with Crippen LogP contribution >= 0.6 is 34.3 Å². The molecule has 0 aliphatic carbocycles. The fourth-order valence-corrected chi connectivity index (χ4v) is 5.24. The summed E-state index contributed by atoms with van der Waals surface area (Å²) in [5, 5.41) is 7.83. The minimum absolute atomic E-state index is 0.0116. The molecule has 3 nitrogen and oxygen atoms in total. The first-order valence-electron chi connectivity index (χ1n) is 8.10. The number of nitrogens with one attached hydrogen (secondary N) is 1. The molecule has 1 aliphatic rings. The maximum atomic E-state index is 12.6. The largest absolute Gasteiger partial charge is 0.325 e. The minimum Gasteiger partial charge on any atom is -0.325 e. The number of hydrogen-bond acceptors (Lipinski definition) is 4. The first kappa shape index (κ1) is 16.8. The molecule has 0 unspecified atom stereocenters. The van der Waals surface area contributed by atoms with E-state index in [0.717, 1.165) is 18.7 Å². The van der Waals surface area contributed by atoms with Gasteiger partial charge in [-0.3, -0.25) is 9.69 Å². The summed E-state index contributed by atoms with van der Waals surface area (Å²) < 4.78 is 0. The molecule has 3 aromatic rings. The van der Waals surface area contributed by atoms with Crippen molar-refractivity contribution in [2.45, 2.75) is 12.5 Å². The number of hydrogen-bond donors (Lipinski definition) is 1. The molecule has 25 heavy (non-hydrogen) atoms. The molecule has 0 radical (unpaired) electrons. The summed E-state index contributed by atoms with van der Waals surface area (Å²) in [6.07, 6.45) is 0.999. The highest BCUT2D eigenvalue weighted by atomic mass is 35.5. The number of nitrogens with zero attached hydrogens (tertiary/aromatic N) is 1. The average Bonchev–Trinajstić information content (AvgIpc) is 3.26. The predicted octanol–water partition coefficient (Wildman–Crippen LogP) is 5.05. The Morgan fingerprint density at radius 3 is 2.92 bits per heavy atom. The summed E-state index contributed by atoms with van der Waals surface area (Å²) >= 11 is 9.56. The third-order valence-electron chi connectivity index (χ3n) is 4.33. The SMILES string of the molecule is O=C(CN1CCc2sccc2[C@H]1c1cccs1)Nc1cccc(Cl)c1. The number of benzene rings is 1. The molecule has 1 amide bonds. The highest BCUT2D eigenvalue weighted by Crippen LogP contribution is 2.39. The maximum Gasteiger partial charge on any atom is 0.238 e. The van der Waals surface area contributed by atoms with E-state index in [1.807, 2.05) is 23.5 Å². The van der Waals surface area contributed by atoms with Gasteiger partial charge in [-0.15, -0.1) is 22.7 Å². The van der Waals surface area contributed by atoms with E-state index in [0.29, 0.717) is 11.6 Å². The molecule has 2 aromatic heterocycles. The van der Waals surface area contributed by atoms with Crippen molar-refractivity contribution in [3.63, 3.8) is 0 Å². The van der Waals surface area contributed by atoms with Gasteiger partial charge in [0.25, 0.3) is 0 Å². The number of rotatable bonds is 4. The van der Waals surface area contributed by atoms with Gasteiger partial charge in [0.15, 0.2) is 0 Å². The Bertz CT molecular complexity index is 875. The Labute approximate surface area is 159 Å². The van der Waals surface area contributed by atoms with Gasteiger partial charge in [0.05, 0.1) is 12.6 Å². The molecule has 1 N–H and O–H groups in total. The van der Waals surface area contributed by atoms with Gasteiger partial charge < -0.3 is 5.32 Å². The molecular formula is C19H17ClN2OS2. The van der Waals surface area contributed by atoms with Crippen molar-refractivity contribution in [2.24, 2.45) is 0 Å². The van der Waals surface area contributed by atoms with Crippen molar-refractivity contribution in [2.75, 3.05) is 18.4 Å². The lowest BCUT2D eigenvalue weighted by Crippen LogP contribution is -2.40. The smallest absolute Gasteiger partial charge is 0.238 e. The van der Waals surface area contributed by atoms with Crippen LogP contribution in [0.3, 0.4) is 0 Å². The molecule has 0 saturated heterocycles. The molecule has 6 heteroatoms. The normalized spacial score (nSPS) is 17.2. The topological polar surface area (TPSA) is 32.3 Å². The van der Waals surface area contributed by atoms with Crippen molar-refractivity contribution in [3.05, 3.63) is 73.6 Å². The number of amides is 1. The molecule has 0 spiro atoms. The Morgan fingerprint density at radius 1 is 1.20 bits per heavy atom. The van der Waals surface area contributed by atoms with Gasteiger partial charge in [0.2, 0.25) is 5.91 Å². The maximum absolute atomic E-state index is 12.6. The fourth-order valence-electron chi connectivity index (χ4n) is 3.27. The third kappa shape index (κ3) is 3.65. The number of anilines is 1. The zero-order valence-electron chi connectivity index (χ0n) is 13.4. The number of carbonyl (C=O) groups is 1. The van der Waals surface area contributed by atoms with Crippen LogP contribution in [-0.2, 0) is 11.2 Å². The van der Waals surface area contributed by atoms with Gasteiger partial charge in [-0.05, 0) is 53.1 Å². The van der Waals surface area contributed by atoms with Gasteiger partial charge in [0, 0.05) is 27.0 Å². The number of fused-ring (bicyclic) bond motifs is 1. The Hall–Kier alpha value is -1.66. The van der Waals surface area contributed by atoms with Crippen LogP contribution in [0.4, 0.5) is 5.69 Å². The zero-order valence-corrected chi connectivity index (χ0v) is 15.8. The van der Waals surface area contributed by atoms with Crippen molar-refractivity contribution < 1.29 is 4.79 Å². The summed E-state index contributed by atoms with van der Waals surface area (Å²) in [4.78, 5) is 17.6. The lowest BCUT2D eigenvalue weighted by Gasteiger charge is -2.34. The van der Waals surface area contributed by atoms with Crippen LogP contribution in [0.2, 0.25) is 5.02 Å². The molecular weight excluding hydrogens is 372 g/mol. The van der Waals surface area contributed by atoms with Gasteiger partial charge in [-0.2, -0.15) is 0 Å². The Balaban J connectivity index is 1.54. The van der Waals surface area contributed by atoms with E-state index in [4.69, 9.17) is 11.6 Å². The van der Waals surface area contributed by atoms with Crippen LogP contribution in [0.15, 0.2) is 53.2 Å². The van der Waals surface area contributed by atoms with Crippen molar-refractivity contribution in [3.8, 4) is 0 Å². The van der Waals surface area contributed by atoms with Crippen molar-refractivity contribution >= 4 is 45.9 Å². The number of thiophene rings is 2. The molecule has 1 atom stereocenters. The molecule has 0 fully saturated rings. The number of halogens is 1. The summed E-state index contributed by atoms with van der Waals surface area (Å²) in [5.74, 6) is -0.0116. The molecule has 0 saturated carbocycles. The lowest BCUT2D eigenvalue weighted by atomic mass is 9.98. The standard InChI is InChI=1S/C19H17ClN2OS2/c20-13-3-1-4-14(11-13)21-18(23)12-22-8-6-16-15(7-10-25-16)19(22)17-5-2-9-24-17/h1-5,7,9-11,19H,6,8,12H2,(H,21,23)/t19-/m0/s1. The molecule has 1 aliphatic heterocycles. The van der Waals surface area contributed by atoms with Crippen molar-refractivity contribution in [1.29, 1.82) is 0 Å². The summed E-state index contributed by atoms with van der Waals surface area (Å²) in [5.41, 5.74) is 2.08. The summed E-state index contributed by atoms with van der Waals surface area (Å²) in [7, 11) is 0. The zero-order chi connectivity index (χ0) is 17.2. The van der Waals surface area contributed by atoms with E-state index >= 15 is 0 Å². The van der Waals surface area contributed by atoms with Crippen LogP contribution in [-0.4, -0.2) is 23.9 Å². The molecule has 1 aromatic carbocycles. The van der Waals surface area contributed by atoms with Gasteiger partial charge in [0.1, 0.15) is 0 Å². The fraction of sp³-hybridized carbons (Fsp3) is 0.211. The molecule has 0 bridgehead atoms. The molecule has 3 heterocycles. The van der Waals surface area contributed by atoms with Crippen LogP contribution in [0.25, 0.3) is 0 Å². The van der Waals surface area contributed by atoms with E-state index < -0.39 is 0 Å². The van der Waals surface area contributed by atoms with E-state index in [9.17, 15) is 4.79 Å². The third-order valence-corrected chi connectivity index (χ3v) is 6.49. The molecule has 4 rings (SSSR count). The number of carbonyl (C=O) groups excluding carboxylic acids is 1. The Morgan fingerprint density at radius 2 is 2.12 bits per heavy atom. The first-order valence-corrected chi connectivity index (χ1v) is 10.2. The second kappa shape index (κ2) is 7.30. The van der Waals surface area contributed by atoms with Crippen molar-refractivity contribution in [1.82, 2.24) is 4.90 Å².